The van der Waals surface area contributed by atoms with Gasteiger partial charge in [0, 0.05) is 48.7 Å². The summed E-state index contributed by atoms with van der Waals surface area (Å²) in [5.41, 5.74) is 0.673. The lowest BCUT2D eigenvalue weighted by molar-refractivity contribution is -0.144. The second-order valence-corrected chi connectivity index (χ2v) is 12.4. The van der Waals surface area contributed by atoms with Gasteiger partial charge in [-0.3, -0.25) is 14.4 Å². The van der Waals surface area contributed by atoms with Gasteiger partial charge in [-0.15, -0.1) is 24.9 Å². The van der Waals surface area contributed by atoms with Gasteiger partial charge in [0.25, 0.3) is 5.91 Å². The first-order chi connectivity index (χ1) is 18.3. The van der Waals surface area contributed by atoms with Crippen LogP contribution < -0.4 is 4.90 Å². The van der Waals surface area contributed by atoms with E-state index in [-0.39, 0.29) is 48.6 Å². The van der Waals surface area contributed by atoms with Gasteiger partial charge in [-0.2, -0.15) is 0 Å². The molecule has 1 spiro atoms. The molecule has 0 aliphatic carbocycles. The fourth-order valence-electron chi connectivity index (χ4n) is 6.71. The summed E-state index contributed by atoms with van der Waals surface area (Å²) in [6.45, 7) is 13.3. The Kier molecular flexibility index (Phi) is 8.95. The predicted octanol–water partition coefficient (Wildman–Crippen LogP) is 4.00. The van der Waals surface area contributed by atoms with Crippen molar-refractivity contribution in [1.29, 1.82) is 0 Å². The van der Waals surface area contributed by atoms with Gasteiger partial charge in [0.15, 0.2) is 0 Å². The number of benzene rings is 1. The zero-order valence-electron chi connectivity index (χ0n) is 22.2. The Balaban J connectivity index is 1.78. The van der Waals surface area contributed by atoms with Gasteiger partial charge in [0.1, 0.15) is 6.04 Å². The first-order valence-corrected chi connectivity index (χ1v) is 14.7. The van der Waals surface area contributed by atoms with Crippen LogP contribution >= 0.6 is 23.4 Å². The van der Waals surface area contributed by atoms with Gasteiger partial charge in [-0.05, 0) is 49.4 Å². The largest absolute Gasteiger partial charge is 0.396 e. The van der Waals surface area contributed by atoms with Crippen molar-refractivity contribution in [3.05, 3.63) is 54.6 Å². The number of amides is 3. The molecule has 1 aromatic carbocycles. The molecule has 4 rings (SSSR count). The minimum absolute atomic E-state index is 0.0192. The molecule has 1 N–H and O–H groups in total. The minimum atomic E-state index is -0.746. The van der Waals surface area contributed by atoms with Crippen molar-refractivity contribution < 1.29 is 19.5 Å². The maximum Gasteiger partial charge on any atom is 0.251 e. The van der Waals surface area contributed by atoms with Crippen molar-refractivity contribution in [3.63, 3.8) is 0 Å². The lowest BCUT2D eigenvalue weighted by Gasteiger charge is -2.41. The number of hydrogen-bond acceptors (Lipinski definition) is 5. The fraction of sp³-hybridized carbons (Fsp3) is 0.552. The number of likely N-dealkylation sites (tertiary alicyclic amines) is 1. The zero-order chi connectivity index (χ0) is 27.6. The van der Waals surface area contributed by atoms with Crippen LogP contribution in [-0.2, 0) is 14.4 Å². The van der Waals surface area contributed by atoms with E-state index >= 15 is 0 Å². The summed E-state index contributed by atoms with van der Waals surface area (Å²) < 4.78 is -0.716. The average Bonchev–Trinajstić information content (AvgIpc) is 3.49. The second kappa shape index (κ2) is 11.8. The molecule has 206 valence electrons. The van der Waals surface area contributed by atoms with E-state index in [4.69, 9.17) is 11.6 Å². The molecule has 9 heteroatoms. The van der Waals surface area contributed by atoms with E-state index < -0.39 is 22.6 Å². The summed E-state index contributed by atoms with van der Waals surface area (Å²) in [6.07, 6.45) is 5.34. The summed E-state index contributed by atoms with van der Waals surface area (Å²) >= 11 is 7.78. The number of aliphatic hydroxyl groups is 1. The molecule has 38 heavy (non-hydrogen) atoms. The highest BCUT2D eigenvalue weighted by Crippen LogP contribution is 2.69. The van der Waals surface area contributed by atoms with Crippen LogP contribution in [0, 0.1) is 17.8 Å². The molecule has 3 heterocycles. The Bertz CT molecular complexity index is 1080. The first kappa shape index (κ1) is 28.7. The molecule has 3 aliphatic rings. The number of anilines is 1. The smallest absolute Gasteiger partial charge is 0.251 e. The molecule has 3 amide bonds. The Morgan fingerprint density at radius 1 is 1.21 bits per heavy atom. The molecule has 0 radical (unpaired) electrons. The average molecular weight is 560 g/mol. The van der Waals surface area contributed by atoms with Crippen LogP contribution in [0.25, 0.3) is 0 Å². The fourth-order valence-corrected chi connectivity index (χ4v) is 9.25. The Morgan fingerprint density at radius 3 is 2.50 bits per heavy atom. The third kappa shape index (κ3) is 4.69. The van der Waals surface area contributed by atoms with Gasteiger partial charge in [-0.25, -0.2) is 0 Å². The molecule has 3 aliphatic heterocycles. The number of hydrogen-bond donors (Lipinski definition) is 1. The third-order valence-electron chi connectivity index (χ3n) is 8.19. The molecule has 0 saturated carbocycles. The zero-order valence-corrected chi connectivity index (χ0v) is 23.8. The highest BCUT2D eigenvalue weighted by Gasteiger charge is 2.76. The summed E-state index contributed by atoms with van der Waals surface area (Å²) in [5.74, 6) is -1.35. The normalized spacial score (nSPS) is 29.3. The van der Waals surface area contributed by atoms with Crippen LogP contribution in [0.5, 0.6) is 0 Å². The summed E-state index contributed by atoms with van der Waals surface area (Å²) in [6, 6.07) is 6.31. The summed E-state index contributed by atoms with van der Waals surface area (Å²) in [4.78, 5) is 47.7. The minimum Gasteiger partial charge on any atom is -0.396 e. The Labute approximate surface area is 234 Å². The molecule has 6 atom stereocenters. The van der Waals surface area contributed by atoms with Crippen LogP contribution in [0.15, 0.2) is 49.6 Å². The molecule has 0 aromatic heterocycles. The van der Waals surface area contributed by atoms with E-state index in [0.717, 1.165) is 12.8 Å². The summed E-state index contributed by atoms with van der Waals surface area (Å²) in [5, 5.41) is 10.2. The van der Waals surface area contributed by atoms with Crippen LogP contribution in [-0.4, -0.2) is 81.5 Å². The van der Waals surface area contributed by atoms with Crippen molar-refractivity contribution in [2.24, 2.45) is 17.8 Å². The lowest BCUT2D eigenvalue weighted by atomic mass is 9.65. The van der Waals surface area contributed by atoms with Crippen molar-refractivity contribution in [2.75, 3.05) is 37.7 Å². The van der Waals surface area contributed by atoms with Gasteiger partial charge in [0.2, 0.25) is 11.8 Å². The molecule has 3 saturated heterocycles. The van der Waals surface area contributed by atoms with Crippen molar-refractivity contribution in [3.8, 4) is 0 Å². The number of rotatable bonds is 12. The highest BCUT2D eigenvalue weighted by molar-refractivity contribution is 8.02. The lowest BCUT2D eigenvalue weighted by Crippen LogP contribution is -2.57. The van der Waals surface area contributed by atoms with E-state index in [0.29, 0.717) is 30.2 Å². The standard InChI is InChI=1S/C29H38ClN3O4S/c1-5-13-31(14-6-2)26(35)23-22-18-19(4)29(38-22)24(23)27(36)33(16-8-17-34)25(29)28(37)32(15-7-3)21-11-9-20(30)10-12-21/h5,7,9-12,19,22-25,34H,1,3,6,8,13-18H2,2,4H3/t19?,22-,23+,24+,25?,29?/m1/s1. The molecular formula is C29H38ClN3O4S. The molecule has 1 aromatic rings. The first-order valence-electron chi connectivity index (χ1n) is 13.4. The molecular weight excluding hydrogens is 522 g/mol. The van der Waals surface area contributed by atoms with Gasteiger partial charge < -0.3 is 19.8 Å². The number of carbonyl (C=O) groups is 3. The van der Waals surface area contributed by atoms with Gasteiger partial charge in [0.05, 0.1) is 16.6 Å². The van der Waals surface area contributed by atoms with Gasteiger partial charge >= 0.3 is 0 Å². The van der Waals surface area contributed by atoms with E-state index in [1.807, 2.05) is 6.92 Å². The molecule has 2 bridgehead atoms. The second-order valence-electron chi connectivity index (χ2n) is 10.4. The van der Waals surface area contributed by atoms with Crippen molar-refractivity contribution in [2.45, 2.75) is 49.1 Å². The van der Waals surface area contributed by atoms with E-state index in [1.165, 1.54) is 0 Å². The quantitative estimate of drug-likeness (QED) is 0.391. The van der Waals surface area contributed by atoms with Crippen LogP contribution in [0.1, 0.15) is 33.1 Å². The van der Waals surface area contributed by atoms with E-state index in [2.05, 4.69) is 20.1 Å². The predicted molar refractivity (Wildman–Crippen MR) is 153 cm³/mol. The number of aliphatic hydroxyl groups excluding tert-OH is 1. The number of thioether (sulfide) groups is 1. The molecule has 3 unspecified atom stereocenters. The molecule has 3 fully saturated rings. The SMILES string of the molecule is C=CCN(CCC)C(=O)[C@@H]1[C@H]2C(=O)N(CCCO)C(C(=O)N(CC=C)c3ccc(Cl)cc3)C23S[C@@H]1CC3C. The third-order valence-corrected chi connectivity index (χ3v) is 10.5. The maximum absolute atomic E-state index is 14.5. The van der Waals surface area contributed by atoms with Crippen molar-refractivity contribution in [1.82, 2.24) is 9.80 Å². The topological polar surface area (TPSA) is 81.2 Å². The monoisotopic (exact) mass is 559 g/mol. The number of halogens is 1. The Hall–Kier alpha value is -2.29. The number of fused-ring (bicyclic) bond motifs is 1. The van der Waals surface area contributed by atoms with Crippen LogP contribution in [0.2, 0.25) is 5.02 Å². The van der Waals surface area contributed by atoms with Crippen LogP contribution in [0.4, 0.5) is 5.69 Å². The number of nitrogens with zero attached hydrogens (tertiary/aromatic N) is 3. The molecule has 7 nitrogen and oxygen atoms in total. The number of carbonyl (C=O) groups excluding carboxylic acids is 3. The van der Waals surface area contributed by atoms with E-state index in [9.17, 15) is 19.5 Å². The Morgan fingerprint density at radius 2 is 1.89 bits per heavy atom. The van der Waals surface area contributed by atoms with Crippen molar-refractivity contribution >= 4 is 46.8 Å². The van der Waals surface area contributed by atoms with Gasteiger partial charge in [-0.1, -0.05) is 37.6 Å². The van der Waals surface area contributed by atoms with Crippen LogP contribution in [0.3, 0.4) is 0 Å². The van der Waals surface area contributed by atoms with E-state index in [1.54, 1.807) is 62.9 Å². The maximum atomic E-state index is 14.5. The summed E-state index contributed by atoms with van der Waals surface area (Å²) in [7, 11) is 0. The highest BCUT2D eigenvalue weighted by atomic mass is 35.5.